The van der Waals surface area contributed by atoms with Gasteiger partial charge < -0.3 is 15.0 Å². The van der Waals surface area contributed by atoms with Crippen molar-refractivity contribution in [3.63, 3.8) is 0 Å². The summed E-state index contributed by atoms with van der Waals surface area (Å²) in [6.07, 6.45) is 0.0524. The second-order valence-corrected chi connectivity index (χ2v) is 7.82. The van der Waals surface area contributed by atoms with Gasteiger partial charge in [0.15, 0.2) is 6.61 Å². The largest absolute Gasteiger partial charge is 0.455 e. The van der Waals surface area contributed by atoms with Gasteiger partial charge >= 0.3 is 5.97 Å². The normalized spacial score (nSPS) is 16.1. The van der Waals surface area contributed by atoms with Crippen LogP contribution in [0, 0.1) is 19.8 Å². The summed E-state index contributed by atoms with van der Waals surface area (Å²) in [4.78, 5) is 38.4. The molecule has 6 nitrogen and oxygen atoms in total. The van der Waals surface area contributed by atoms with E-state index in [-0.39, 0.29) is 23.9 Å². The zero-order chi connectivity index (χ0) is 21.1. The number of aryl methyl sites for hydroxylation is 2. The van der Waals surface area contributed by atoms with Gasteiger partial charge in [-0.15, -0.1) is 0 Å². The Hall–Kier alpha value is -2.57. The Bertz CT molecular complexity index is 977. The van der Waals surface area contributed by atoms with Crippen LogP contribution in [0.5, 0.6) is 0 Å². The van der Waals surface area contributed by atoms with Gasteiger partial charge in [-0.05, 0) is 43.7 Å². The number of anilines is 2. The van der Waals surface area contributed by atoms with Crippen molar-refractivity contribution in [2.24, 2.45) is 5.92 Å². The van der Waals surface area contributed by atoms with Gasteiger partial charge in [-0.3, -0.25) is 14.4 Å². The SMILES string of the molecule is Cc1ccc(N2C[C@H](C(=O)OCC(=O)Nc3ccc(Cl)cc3Cl)CC2=O)c(C)c1. The van der Waals surface area contributed by atoms with Crippen LogP contribution in [0.4, 0.5) is 11.4 Å². The van der Waals surface area contributed by atoms with Crippen molar-refractivity contribution >= 4 is 52.4 Å². The minimum absolute atomic E-state index is 0.0524. The van der Waals surface area contributed by atoms with Crippen molar-refractivity contribution in [2.45, 2.75) is 20.3 Å². The number of nitrogens with zero attached hydrogens (tertiary/aromatic N) is 1. The molecule has 29 heavy (non-hydrogen) atoms. The summed E-state index contributed by atoms with van der Waals surface area (Å²) in [7, 11) is 0. The number of esters is 1. The number of amides is 2. The fraction of sp³-hybridized carbons (Fsp3) is 0.286. The van der Waals surface area contributed by atoms with E-state index >= 15 is 0 Å². The standard InChI is InChI=1S/C21H20Cl2N2O4/c1-12-3-6-18(13(2)7-12)25-10-14(8-20(25)27)21(28)29-11-19(26)24-17-5-4-15(22)9-16(17)23/h3-7,9,14H,8,10-11H2,1-2H3,(H,24,26)/t14-/m1/s1. The quantitative estimate of drug-likeness (QED) is 0.717. The number of ether oxygens (including phenoxy) is 1. The number of hydrogen-bond donors (Lipinski definition) is 1. The van der Waals surface area contributed by atoms with Crippen LogP contribution in [0.15, 0.2) is 36.4 Å². The van der Waals surface area contributed by atoms with Gasteiger partial charge in [0.1, 0.15) is 0 Å². The predicted octanol–water partition coefficient (Wildman–Crippen LogP) is 4.15. The lowest BCUT2D eigenvalue weighted by atomic mass is 10.1. The van der Waals surface area contributed by atoms with Crippen LogP contribution in [0.3, 0.4) is 0 Å². The Morgan fingerprint density at radius 1 is 1.17 bits per heavy atom. The molecule has 8 heteroatoms. The molecule has 2 aromatic carbocycles. The average molecular weight is 435 g/mol. The summed E-state index contributed by atoms with van der Waals surface area (Å²) in [5, 5.41) is 3.28. The van der Waals surface area contributed by atoms with Crippen LogP contribution in [0.25, 0.3) is 0 Å². The zero-order valence-corrected chi connectivity index (χ0v) is 17.5. The number of halogens is 2. The van der Waals surface area contributed by atoms with Crippen molar-refractivity contribution in [3.05, 3.63) is 57.6 Å². The highest BCUT2D eigenvalue weighted by Crippen LogP contribution is 2.29. The third-order valence-corrected chi connectivity index (χ3v) is 5.20. The maximum Gasteiger partial charge on any atom is 0.311 e. The zero-order valence-electron chi connectivity index (χ0n) is 16.0. The lowest BCUT2D eigenvalue weighted by Crippen LogP contribution is -2.28. The molecule has 2 amide bonds. The highest BCUT2D eigenvalue weighted by Gasteiger charge is 2.36. The monoisotopic (exact) mass is 434 g/mol. The minimum Gasteiger partial charge on any atom is -0.455 e. The van der Waals surface area contributed by atoms with Gasteiger partial charge in [0.2, 0.25) is 5.91 Å². The number of carbonyl (C=O) groups excluding carboxylic acids is 3. The number of hydrogen-bond acceptors (Lipinski definition) is 4. The maximum absolute atomic E-state index is 12.4. The van der Waals surface area contributed by atoms with Crippen LogP contribution < -0.4 is 10.2 Å². The highest BCUT2D eigenvalue weighted by atomic mass is 35.5. The first-order chi connectivity index (χ1) is 13.7. The maximum atomic E-state index is 12.4. The van der Waals surface area contributed by atoms with E-state index in [9.17, 15) is 14.4 Å². The van der Waals surface area contributed by atoms with Crippen molar-refractivity contribution in [1.82, 2.24) is 0 Å². The summed E-state index contributed by atoms with van der Waals surface area (Å²) in [6, 6.07) is 10.4. The molecule has 0 aliphatic carbocycles. The molecular weight excluding hydrogens is 415 g/mol. The van der Waals surface area contributed by atoms with Crippen LogP contribution in [-0.2, 0) is 19.1 Å². The first kappa shape index (κ1) is 21.1. The van der Waals surface area contributed by atoms with E-state index in [1.165, 1.54) is 6.07 Å². The van der Waals surface area contributed by atoms with Gasteiger partial charge in [-0.25, -0.2) is 0 Å². The molecular formula is C21H20Cl2N2O4. The third kappa shape index (κ3) is 5.08. The van der Waals surface area contributed by atoms with Crippen LogP contribution in [0.1, 0.15) is 17.5 Å². The molecule has 1 aliphatic rings. The molecule has 1 aliphatic heterocycles. The summed E-state index contributed by atoms with van der Waals surface area (Å²) in [6.45, 7) is 3.66. The van der Waals surface area contributed by atoms with E-state index in [0.717, 1.165) is 16.8 Å². The van der Waals surface area contributed by atoms with Crippen LogP contribution in [-0.4, -0.2) is 30.9 Å². The Kier molecular flexibility index (Phi) is 6.45. The molecule has 0 radical (unpaired) electrons. The molecule has 1 N–H and O–H groups in total. The van der Waals surface area contributed by atoms with E-state index in [0.29, 0.717) is 10.7 Å². The number of carbonyl (C=O) groups is 3. The van der Waals surface area contributed by atoms with Crippen molar-refractivity contribution in [3.8, 4) is 0 Å². The smallest absolute Gasteiger partial charge is 0.311 e. The van der Waals surface area contributed by atoms with Gasteiger partial charge in [-0.1, -0.05) is 40.9 Å². The topological polar surface area (TPSA) is 75.7 Å². The van der Waals surface area contributed by atoms with E-state index in [4.69, 9.17) is 27.9 Å². The van der Waals surface area contributed by atoms with Crippen LogP contribution >= 0.6 is 23.2 Å². The number of benzene rings is 2. The fourth-order valence-electron chi connectivity index (χ4n) is 3.24. The molecule has 2 aromatic rings. The Balaban J connectivity index is 1.56. The molecule has 0 aromatic heterocycles. The Morgan fingerprint density at radius 3 is 2.62 bits per heavy atom. The summed E-state index contributed by atoms with van der Waals surface area (Å²) in [5.74, 6) is -1.87. The Morgan fingerprint density at radius 2 is 1.93 bits per heavy atom. The molecule has 1 saturated heterocycles. The average Bonchev–Trinajstić information content (AvgIpc) is 3.04. The van der Waals surface area contributed by atoms with Gasteiger partial charge in [-0.2, -0.15) is 0 Å². The molecule has 0 unspecified atom stereocenters. The molecule has 1 heterocycles. The molecule has 152 valence electrons. The molecule has 0 saturated carbocycles. The summed E-state index contributed by atoms with van der Waals surface area (Å²) >= 11 is 11.8. The first-order valence-electron chi connectivity index (χ1n) is 9.03. The molecule has 0 bridgehead atoms. The van der Waals surface area contributed by atoms with Crippen molar-refractivity contribution < 1.29 is 19.1 Å². The van der Waals surface area contributed by atoms with Crippen LogP contribution in [0.2, 0.25) is 10.0 Å². The molecule has 3 rings (SSSR count). The van der Waals surface area contributed by atoms with Crippen molar-refractivity contribution in [2.75, 3.05) is 23.4 Å². The van der Waals surface area contributed by atoms with Crippen molar-refractivity contribution in [1.29, 1.82) is 0 Å². The van der Waals surface area contributed by atoms with E-state index in [2.05, 4.69) is 5.32 Å². The highest BCUT2D eigenvalue weighted by molar-refractivity contribution is 6.36. The predicted molar refractivity (Wildman–Crippen MR) is 112 cm³/mol. The third-order valence-electron chi connectivity index (χ3n) is 4.65. The van der Waals surface area contributed by atoms with E-state index < -0.39 is 24.4 Å². The second kappa shape index (κ2) is 8.84. The summed E-state index contributed by atoms with van der Waals surface area (Å²) in [5.41, 5.74) is 3.22. The number of rotatable bonds is 5. The van der Waals surface area contributed by atoms with E-state index in [1.807, 2.05) is 32.0 Å². The first-order valence-corrected chi connectivity index (χ1v) is 9.79. The molecule has 0 spiro atoms. The lowest BCUT2D eigenvalue weighted by molar-refractivity contribution is -0.151. The second-order valence-electron chi connectivity index (χ2n) is 6.98. The number of nitrogens with one attached hydrogen (secondary N) is 1. The fourth-order valence-corrected chi connectivity index (χ4v) is 3.69. The Labute approximate surface area is 178 Å². The minimum atomic E-state index is -0.616. The van der Waals surface area contributed by atoms with Gasteiger partial charge in [0.25, 0.3) is 5.91 Å². The summed E-state index contributed by atoms with van der Waals surface area (Å²) < 4.78 is 5.11. The van der Waals surface area contributed by atoms with E-state index in [1.54, 1.807) is 17.0 Å². The van der Waals surface area contributed by atoms with Gasteiger partial charge in [0.05, 0.1) is 16.6 Å². The van der Waals surface area contributed by atoms with Gasteiger partial charge in [0, 0.05) is 23.7 Å². The molecule has 1 atom stereocenters. The lowest BCUT2D eigenvalue weighted by Gasteiger charge is -2.19. The molecule has 1 fully saturated rings.